The largest absolute Gasteiger partial charge is 0.486 e. The maximum atomic E-state index is 13.0. The molecule has 0 saturated carbocycles. The Balaban J connectivity index is 1.35. The van der Waals surface area contributed by atoms with Gasteiger partial charge in [-0.25, -0.2) is 18.2 Å². The maximum Gasteiger partial charge on any atom is 0.340 e. The molecule has 0 amide bonds. The molecule has 34 heavy (non-hydrogen) atoms. The third-order valence-corrected chi connectivity index (χ3v) is 7.04. The first-order chi connectivity index (χ1) is 16.4. The van der Waals surface area contributed by atoms with Gasteiger partial charge in [0.1, 0.15) is 19.8 Å². The zero-order chi connectivity index (χ0) is 23.7. The Kier molecular flexibility index (Phi) is 5.67. The van der Waals surface area contributed by atoms with Crippen molar-refractivity contribution in [3.8, 4) is 11.5 Å². The van der Waals surface area contributed by atoms with Crippen molar-refractivity contribution < 1.29 is 27.4 Å². The lowest BCUT2D eigenvalue weighted by Gasteiger charge is -2.19. The molecular weight excluding hydrogens is 482 g/mol. The quantitative estimate of drug-likeness (QED) is 0.402. The summed E-state index contributed by atoms with van der Waals surface area (Å²) in [4.78, 5) is 29.6. The van der Waals surface area contributed by atoms with Crippen LogP contribution < -0.4 is 19.8 Å². The Morgan fingerprint density at radius 3 is 2.76 bits per heavy atom. The monoisotopic (exact) mass is 499 g/mol. The molecule has 174 valence electrons. The highest BCUT2D eigenvalue weighted by molar-refractivity contribution is 7.92. The lowest BCUT2D eigenvalue weighted by atomic mass is 10.2. The fourth-order valence-electron chi connectivity index (χ4n) is 3.32. The van der Waals surface area contributed by atoms with Gasteiger partial charge in [0.15, 0.2) is 16.5 Å². The van der Waals surface area contributed by atoms with Gasteiger partial charge in [-0.05, 0) is 24.3 Å². The lowest BCUT2D eigenvalue weighted by Crippen LogP contribution is -2.19. The van der Waals surface area contributed by atoms with E-state index in [4.69, 9.17) is 14.2 Å². The molecule has 2 aromatic heterocycles. The van der Waals surface area contributed by atoms with Gasteiger partial charge >= 0.3 is 5.97 Å². The number of nitrogens with zero attached hydrogens (tertiary/aromatic N) is 2. The first-order valence-electron chi connectivity index (χ1n) is 10.1. The minimum Gasteiger partial charge on any atom is -0.486 e. The van der Waals surface area contributed by atoms with E-state index in [0.717, 1.165) is 0 Å². The number of sulfonamides is 1. The number of rotatable bonds is 6. The van der Waals surface area contributed by atoms with Gasteiger partial charge in [-0.3, -0.25) is 13.9 Å². The number of aromatic nitrogens is 2. The number of hydrogen-bond acceptors (Lipinski definition) is 9. The Hall–Kier alpha value is -3.90. The fraction of sp³-hybridized carbons (Fsp3) is 0.136. The molecule has 3 heterocycles. The van der Waals surface area contributed by atoms with E-state index in [1.807, 2.05) is 0 Å². The molecular formula is C22H17N3O7S2. The standard InChI is InChI=1S/C22H17N3O7S2/c26-20-11-14(23-22-25(20)7-10-33-22)13-32-21(27)16-3-1-2-4-17(16)24-34(28,29)15-5-6-18-19(12-15)31-9-8-30-18/h1-7,10-12,24H,8-9,13H2. The van der Waals surface area contributed by atoms with Crippen LogP contribution in [0.3, 0.4) is 0 Å². The zero-order valence-corrected chi connectivity index (χ0v) is 19.1. The SMILES string of the molecule is O=C(OCc1cc(=O)n2ccsc2n1)c1ccccc1NS(=O)(=O)c1ccc2c(c1)OCCO2. The van der Waals surface area contributed by atoms with Crippen LogP contribution in [0.4, 0.5) is 5.69 Å². The second-order valence-corrected chi connectivity index (χ2v) is 9.73. The Bertz CT molecular complexity index is 1560. The Morgan fingerprint density at radius 2 is 1.91 bits per heavy atom. The Morgan fingerprint density at radius 1 is 1.12 bits per heavy atom. The molecule has 10 nitrogen and oxygen atoms in total. The second kappa shape index (κ2) is 8.80. The van der Waals surface area contributed by atoms with Crippen LogP contribution in [0.5, 0.6) is 11.5 Å². The van der Waals surface area contributed by atoms with E-state index in [1.54, 1.807) is 23.7 Å². The molecule has 0 bridgehead atoms. The lowest BCUT2D eigenvalue weighted by molar-refractivity contribution is 0.0469. The average Bonchev–Trinajstić information content (AvgIpc) is 3.32. The second-order valence-electron chi connectivity index (χ2n) is 7.17. The number of esters is 1. The molecule has 0 saturated heterocycles. The summed E-state index contributed by atoms with van der Waals surface area (Å²) in [6.45, 7) is 0.462. The van der Waals surface area contributed by atoms with E-state index in [0.29, 0.717) is 29.7 Å². The average molecular weight is 500 g/mol. The highest BCUT2D eigenvalue weighted by Crippen LogP contribution is 2.33. The molecule has 0 radical (unpaired) electrons. The number of anilines is 1. The van der Waals surface area contributed by atoms with Gasteiger partial charge in [-0.2, -0.15) is 0 Å². The van der Waals surface area contributed by atoms with Crippen molar-refractivity contribution in [1.29, 1.82) is 0 Å². The summed E-state index contributed by atoms with van der Waals surface area (Å²) < 4.78 is 46.0. The van der Waals surface area contributed by atoms with Crippen LogP contribution in [0.15, 0.2) is 69.8 Å². The van der Waals surface area contributed by atoms with Crippen molar-refractivity contribution in [3.63, 3.8) is 0 Å². The van der Waals surface area contributed by atoms with Crippen molar-refractivity contribution in [3.05, 3.63) is 81.7 Å². The molecule has 1 N–H and O–H groups in total. The van der Waals surface area contributed by atoms with Crippen molar-refractivity contribution in [1.82, 2.24) is 9.38 Å². The maximum absolute atomic E-state index is 13.0. The molecule has 0 aliphatic carbocycles. The third-order valence-electron chi connectivity index (χ3n) is 4.92. The van der Waals surface area contributed by atoms with E-state index < -0.39 is 16.0 Å². The van der Waals surface area contributed by atoms with E-state index in [1.165, 1.54) is 52.1 Å². The highest BCUT2D eigenvalue weighted by atomic mass is 32.2. The minimum atomic E-state index is -4.04. The van der Waals surface area contributed by atoms with Crippen LogP contribution >= 0.6 is 11.3 Å². The van der Waals surface area contributed by atoms with Gasteiger partial charge in [0.2, 0.25) is 0 Å². The van der Waals surface area contributed by atoms with Gasteiger partial charge in [0, 0.05) is 23.7 Å². The predicted octanol–water partition coefficient (Wildman–Crippen LogP) is 2.69. The number of carbonyl (C=O) groups is 1. The molecule has 0 unspecified atom stereocenters. The topological polar surface area (TPSA) is 125 Å². The van der Waals surface area contributed by atoms with Crippen LogP contribution in [0.2, 0.25) is 0 Å². The van der Waals surface area contributed by atoms with Gasteiger partial charge in [0.05, 0.1) is 21.8 Å². The third kappa shape index (κ3) is 4.32. The number of carbonyl (C=O) groups excluding carboxylic acids is 1. The number of para-hydroxylation sites is 1. The van der Waals surface area contributed by atoms with Crippen molar-refractivity contribution in [2.24, 2.45) is 0 Å². The van der Waals surface area contributed by atoms with E-state index in [9.17, 15) is 18.0 Å². The smallest absolute Gasteiger partial charge is 0.340 e. The van der Waals surface area contributed by atoms with Gasteiger partial charge in [0.25, 0.3) is 15.6 Å². The van der Waals surface area contributed by atoms with E-state index >= 15 is 0 Å². The van der Waals surface area contributed by atoms with Gasteiger partial charge in [-0.15, -0.1) is 11.3 Å². The van der Waals surface area contributed by atoms with Crippen LogP contribution in [0, 0.1) is 0 Å². The summed E-state index contributed by atoms with van der Waals surface area (Å²) in [5.41, 5.74) is 0.0571. The molecule has 1 aliphatic rings. The Labute approximate surface area is 197 Å². The number of benzene rings is 2. The summed E-state index contributed by atoms with van der Waals surface area (Å²) in [7, 11) is -4.04. The highest BCUT2D eigenvalue weighted by Gasteiger charge is 2.22. The number of ether oxygens (including phenoxy) is 3. The van der Waals surface area contributed by atoms with E-state index in [-0.39, 0.29) is 34.0 Å². The molecule has 2 aromatic carbocycles. The molecule has 5 rings (SSSR count). The summed E-state index contributed by atoms with van der Waals surface area (Å²) in [5, 5.41) is 1.73. The normalized spacial score (nSPS) is 12.9. The van der Waals surface area contributed by atoms with Crippen LogP contribution in [0.1, 0.15) is 16.1 Å². The number of thiazole rings is 1. The number of hydrogen-bond donors (Lipinski definition) is 1. The van der Waals surface area contributed by atoms with Crippen LogP contribution in [-0.4, -0.2) is 37.0 Å². The summed E-state index contributed by atoms with van der Waals surface area (Å²) in [6, 6.07) is 11.6. The molecule has 4 aromatic rings. The van der Waals surface area contributed by atoms with E-state index in [2.05, 4.69) is 9.71 Å². The summed E-state index contributed by atoms with van der Waals surface area (Å²) in [6.07, 6.45) is 1.61. The first kappa shape index (κ1) is 21.9. The predicted molar refractivity (Wildman–Crippen MR) is 123 cm³/mol. The molecule has 1 aliphatic heterocycles. The molecule has 0 atom stereocenters. The molecule has 0 fully saturated rings. The number of fused-ring (bicyclic) bond motifs is 2. The summed E-state index contributed by atoms with van der Waals surface area (Å²) >= 11 is 1.28. The fourth-order valence-corrected chi connectivity index (χ4v) is 5.16. The molecule has 0 spiro atoms. The van der Waals surface area contributed by atoms with Crippen LogP contribution in [-0.2, 0) is 21.4 Å². The molecule has 12 heteroatoms. The minimum absolute atomic E-state index is 0.0116. The summed E-state index contributed by atoms with van der Waals surface area (Å²) in [5.74, 6) is 0.0183. The number of nitrogens with one attached hydrogen (secondary N) is 1. The zero-order valence-electron chi connectivity index (χ0n) is 17.5. The van der Waals surface area contributed by atoms with Crippen molar-refractivity contribution >= 4 is 38.0 Å². The van der Waals surface area contributed by atoms with Crippen molar-refractivity contribution in [2.45, 2.75) is 11.5 Å². The first-order valence-corrected chi connectivity index (χ1v) is 12.4. The van der Waals surface area contributed by atoms with Gasteiger partial charge in [-0.1, -0.05) is 12.1 Å². The van der Waals surface area contributed by atoms with Crippen LogP contribution in [0.25, 0.3) is 4.96 Å². The van der Waals surface area contributed by atoms with Crippen molar-refractivity contribution in [2.75, 3.05) is 17.9 Å². The van der Waals surface area contributed by atoms with Gasteiger partial charge < -0.3 is 14.2 Å².